The normalized spacial score (nSPS) is 10.9. The van der Waals surface area contributed by atoms with Crippen molar-refractivity contribution in [2.75, 3.05) is 6.26 Å². The monoisotopic (exact) mass is 390 g/mol. The first-order valence-corrected chi connectivity index (χ1v) is 9.27. The maximum absolute atomic E-state index is 12.4. The fraction of sp³-hybridized carbons (Fsp3) is 0.158. The van der Waals surface area contributed by atoms with Crippen LogP contribution in [0.25, 0.3) is 11.0 Å². The maximum Gasteiger partial charge on any atom is 0.340 e. The first-order chi connectivity index (χ1) is 12.4. The molecule has 1 heterocycles. The summed E-state index contributed by atoms with van der Waals surface area (Å²) < 4.78 is 10.5. The first kappa shape index (κ1) is 18.4. The Morgan fingerprint density at radius 2 is 2.04 bits per heavy atom. The Kier molecular flexibility index (Phi) is 5.25. The lowest BCUT2D eigenvalue weighted by atomic mass is 10.1. The summed E-state index contributed by atoms with van der Waals surface area (Å²) in [7, 11) is 0. The van der Waals surface area contributed by atoms with Crippen molar-refractivity contribution in [3.8, 4) is 5.75 Å². The third kappa shape index (κ3) is 3.57. The zero-order chi connectivity index (χ0) is 18.8. The number of esters is 1. The molecule has 0 aliphatic rings. The van der Waals surface area contributed by atoms with E-state index in [-0.39, 0.29) is 23.5 Å². The molecular weight excluding hydrogens is 376 g/mol. The van der Waals surface area contributed by atoms with E-state index < -0.39 is 11.6 Å². The van der Waals surface area contributed by atoms with Gasteiger partial charge in [-0.05, 0) is 43.5 Å². The van der Waals surface area contributed by atoms with E-state index in [0.717, 1.165) is 4.90 Å². The molecule has 0 unspecified atom stereocenters. The number of aryl methyl sites for hydroxylation is 1. The van der Waals surface area contributed by atoms with Gasteiger partial charge in [-0.1, -0.05) is 11.6 Å². The average molecular weight is 391 g/mol. The number of halogens is 1. The highest BCUT2D eigenvalue weighted by atomic mass is 35.5. The molecule has 1 aromatic heterocycles. The van der Waals surface area contributed by atoms with Crippen molar-refractivity contribution in [3.63, 3.8) is 0 Å². The summed E-state index contributed by atoms with van der Waals surface area (Å²) in [5.41, 5.74) is 0.888. The number of thioether (sulfide) groups is 1. The number of phenols is 1. The van der Waals surface area contributed by atoms with Crippen LogP contribution in [0.5, 0.6) is 5.75 Å². The molecule has 0 fully saturated rings. The van der Waals surface area contributed by atoms with Crippen LogP contribution >= 0.6 is 23.4 Å². The molecule has 0 radical (unpaired) electrons. The summed E-state index contributed by atoms with van der Waals surface area (Å²) in [5, 5.41) is 10.7. The first-order valence-electron chi connectivity index (χ1n) is 7.66. The third-order valence-corrected chi connectivity index (χ3v) is 5.03. The molecule has 3 aromatic rings. The van der Waals surface area contributed by atoms with Gasteiger partial charge in [0.2, 0.25) is 0 Å². The summed E-state index contributed by atoms with van der Waals surface area (Å²) in [6.45, 7) is 1.52. The number of carbonyl (C=O) groups is 1. The summed E-state index contributed by atoms with van der Waals surface area (Å²) in [4.78, 5) is 25.1. The molecule has 0 saturated carbocycles. The molecular formula is C19H15ClO5S. The molecule has 2 aromatic carbocycles. The van der Waals surface area contributed by atoms with Crippen LogP contribution in [0.15, 0.2) is 50.5 Å². The molecule has 5 nitrogen and oxygen atoms in total. The molecule has 0 aliphatic carbocycles. The van der Waals surface area contributed by atoms with E-state index in [1.54, 1.807) is 25.1 Å². The topological polar surface area (TPSA) is 76.7 Å². The lowest BCUT2D eigenvalue weighted by Crippen LogP contribution is -2.09. The van der Waals surface area contributed by atoms with E-state index in [1.807, 2.05) is 12.3 Å². The average Bonchev–Trinajstić information content (AvgIpc) is 2.63. The number of hydrogen-bond acceptors (Lipinski definition) is 6. The molecule has 26 heavy (non-hydrogen) atoms. The minimum absolute atomic E-state index is 0.0236. The number of fused-ring (bicyclic) bond motifs is 1. The lowest BCUT2D eigenvalue weighted by Gasteiger charge is -2.10. The van der Waals surface area contributed by atoms with Crippen molar-refractivity contribution in [3.05, 3.63) is 68.5 Å². The van der Waals surface area contributed by atoms with E-state index in [9.17, 15) is 14.7 Å². The van der Waals surface area contributed by atoms with Gasteiger partial charge in [-0.3, -0.25) is 0 Å². The maximum atomic E-state index is 12.4. The van der Waals surface area contributed by atoms with Gasteiger partial charge in [-0.25, -0.2) is 9.59 Å². The molecule has 3 rings (SSSR count). The van der Waals surface area contributed by atoms with Gasteiger partial charge in [0, 0.05) is 27.5 Å². The predicted molar refractivity (Wildman–Crippen MR) is 101 cm³/mol. The molecule has 7 heteroatoms. The number of rotatable bonds is 4. The van der Waals surface area contributed by atoms with E-state index in [4.69, 9.17) is 20.8 Å². The fourth-order valence-corrected chi connectivity index (χ4v) is 3.18. The van der Waals surface area contributed by atoms with Gasteiger partial charge < -0.3 is 14.3 Å². The Morgan fingerprint density at radius 1 is 1.27 bits per heavy atom. The van der Waals surface area contributed by atoms with Gasteiger partial charge in [0.25, 0.3) is 0 Å². The van der Waals surface area contributed by atoms with Crippen LogP contribution in [0.1, 0.15) is 21.5 Å². The smallest absolute Gasteiger partial charge is 0.340 e. The Hall–Kier alpha value is -2.44. The number of benzene rings is 2. The summed E-state index contributed by atoms with van der Waals surface area (Å²) in [6.07, 6.45) is 1.89. The molecule has 0 atom stereocenters. The third-order valence-electron chi connectivity index (χ3n) is 3.97. The lowest BCUT2D eigenvalue weighted by molar-refractivity contribution is 0.0473. The predicted octanol–water partition coefficient (Wildman–Crippen LogP) is 4.54. The Bertz CT molecular complexity index is 1060. The molecule has 0 spiro atoms. The number of phenolic OH excluding ortho intramolecular Hbond substituents is 1. The standard InChI is InChI=1S/C19H15ClO5S/c1-10-16(21)6-4-13-11(7-17(22)25-18(10)13)9-24-19(23)14-8-12(26-2)3-5-15(14)20/h3-8,21H,9H2,1-2H3. The van der Waals surface area contributed by atoms with Crippen molar-refractivity contribution in [1.29, 1.82) is 0 Å². The Balaban J connectivity index is 1.92. The van der Waals surface area contributed by atoms with Crippen LogP contribution in [0.3, 0.4) is 0 Å². The van der Waals surface area contributed by atoms with Crippen molar-refractivity contribution in [2.45, 2.75) is 18.4 Å². The number of aromatic hydroxyl groups is 1. The highest BCUT2D eigenvalue weighted by Crippen LogP contribution is 2.28. The van der Waals surface area contributed by atoms with E-state index in [2.05, 4.69) is 0 Å². The summed E-state index contributed by atoms with van der Waals surface area (Å²) in [5.74, 6) is -0.557. The molecule has 134 valence electrons. The zero-order valence-electron chi connectivity index (χ0n) is 14.0. The van der Waals surface area contributed by atoms with Gasteiger partial charge >= 0.3 is 11.6 Å². The second-order valence-electron chi connectivity index (χ2n) is 5.60. The highest BCUT2D eigenvalue weighted by molar-refractivity contribution is 7.98. The minimum Gasteiger partial charge on any atom is -0.508 e. The molecule has 0 bridgehead atoms. The zero-order valence-corrected chi connectivity index (χ0v) is 15.6. The number of ether oxygens (including phenoxy) is 1. The molecule has 0 amide bonds. The minimum atomic E-state index is -0.584. The van der Waals surface area contributed by atoms with Gasteiger partial charge in [0.1, 0.15) is 17.9 Å². The van der Waals surface area contributed by atoms with Gasteiger partial charge in [-0.15, -0.1) is 11.8 Å². The largest absolute Gasteiger partial charge is 0.508 e. The second-order valence-corrected chi connectivity index (χ2v) is 6.89. The van der Waals surface area contributed by atoms with Crippen LogP contribution in [-0.2, 0) is 11.3 Å². The van der Waals surface area contributed by atoms with E-state index >= 15 is 0 Å². The van der Waals surface area contributed by atoms with Crippen LogP contribution in [0.2, 0.25) is 5.02 Å². The van der Waals surface area contributed by atoms with Crippen LogP contribution in [0, 0.1) is 6.92 Å². The van der Waals surface area contributed by atoms with E-state index in [0.29, 0.717) is 21.5 Å². The second kappa shape index (κ2) is 7.43. The van der Waals surface area contributed by atoms with Gasteiger partial charge in [-0.2, -0.15) is 0 Å². The van der Waals surface area contributed by atoms with Crippen LogP contribution in [-0.4, -0.2) is 17.3 Å². The Labute approximate surface area is 158 Å². The van der Waals surface area contributed by atoms with Crippen molar-refractivity contribution >= 4 is 40.3 Å². The summed E-state index contributed by atoms with van der Waals surface area (Å²) >= 11 is 7.57. The van der Waals surface area contributed by atoms with Gasteiger partial charge in [0.15, 0.2) is 0 Å². The van der Waals surface area contributed by atoms with Crippen LogP contribution in [0.4, 0.5) is 0 Å². The van der Waals surface area contributed by atoms with Crippen molar-refractivity contribution in [2.24, 2.45) is 0 Å². The number of carbonyl (C=O) groups excluding carboxylic acids is 1. The fourth-order valence-electron chi connectivity index (χ4n) is 2.54. The van der Waals surface area contributed by atoms with Crippen LogP contribution < -0.4 is 5.63 Å². The summed E-state index contributed by atoms with van der Waals surface area (Å²) in [6, 6.07) is 9.51. The van der Waals surface area contributed by atoms with Crippen molar-refractivity contribution < 1.29 is 19.1 Å². The Morgan fingerprint density at radius 3 is 2.77 bits per heavy atom. The quantitative estimate of drug-likeness (QED) is 0.400. The molecule has 1 N–H and O–H groups in total. The molecule has 0 aliphatic heterocycles. The van der Waals surface area contributed by atoms with Crippen molar-refractivity contribution in [1.82, 2.24) is 0 Å². The van der Waals surface area contributed by atoms with E-state index in [1.165, 1.54) is 23.9 Å². The highest BCUT2D eigenvalue weighted by Gasteiger charge is 2.16. The van der Waals surface area contributed by atoms with Gasteiger partial charge in [0.05, 0.1) is 10.6 Å². The number of hydrogen-bond donors (Lipinski definition) is 1. The SMILES string of the molecule is CSc1ccc(Cl)c(C(=O)OCc2cc(=O)oc3c(C)c(O)ccc23)c1. The molecule has 0 saturated heterocycles.